The topological polar surface area (TPSA) is 12.5 Å². The first-order valence-electron chi connectivity index (χ1n) is 16.9. The van der Waals surface area contributed by atoms with Gasteiger partial charge in [-0.25, -0.2) is 0 Å². The van der Waals surface area contributed by atoms with Crippen LogP contribution in [-0.2, 0) is 5.41 Å². The Labute approximate surface area is 286 Å². The molecule has 0 N–H and O–H groups in total. The Morgan fingerprint density at radius 3 is 1.78 bits per heavy atom. The Bertz CT molecular complexity index is 2520. The number of anilines is 3. The zero-order valence-electron chi connectivity index (χ0n) is 26.8. The molecular formula is C47H31NO. The molecule has 2 aliphatic rings. The van der Waals surface area contributed by atoms with E-state index in [4.69, 9.17) is 4.74 Å². The molecule has 1 heterocycles. The van der Waals surface area contributed by atoms with Crippen molar-refractivity contribution < 1.29 is 4.74 Å². The van der Waals surface area contributed by atoms with E-state index in [0.29, 0.717) is 0 Å². The minimum absolute atomic E-state index is 0.617. The molecular weight excluding hydrogens is 595 g/mol. The minimum Gasteiger partial charge on any atom is -0.457 e. The summed E-state index contributed by atoms with van der Waals surface area (Å²) in [6.45, 7) is 0. The first-order valence-corrected chi connectivity index (χ1v) is 16.9. The highest BCUT2D eigenvalue weighted by Crippen LogP contribution is 2.65. The van der Waals surface area contributed by atoms with Crippen LogP contribution in [0.25, 0.3) is 33.0 Å². The van der Waals surface area contributed by atoms with Crippen LogP contribution in [0.5, 0.6) is 11.5 Å². The average molecular weight is 626 g/mol. The molecule has 1 unspecified atom stereocenters. The van der Waals surface area contributed by atoms with Crippen LogP contribution >= 0.6 is 0 Å². The van der Waals surface area contributed by atoms with Gasteiger partial charge in [-0.05, 0) is 87.1 Å². The van der Waals surface area contributed by atoms with Gasteiger partial charge in [0.1, 0.15) is 11.5 Å². The van der Waals surface area contributed by atoms with Gasteiger partial charge in [-0.15, -0.1) is 0 Å². The zero-order valence-corrected chi connectivity index (χ0v) is 26.8. The van der Waals surface area contributed by atoms with Gasteiger partial charge in [0.2, 0.25) is 0 Å². The molecule has 0 amide bonds. The number of hydrogen-bond donors (Lipinski definition) is 0. The van der Waals surface area contributed by atoms with Gasteiger partial charge in [0.15, 0.2) is 0 Å². The van der Waals surface area contributed by atoms with Crippen LogP contribution in [0, 0.1) is 0 Å². The largest absolute Gasteiger partial charge is 0.457 e. The van der Waals surface area contributed by atoms with Crippen LogP contribution in [0.15, 0.2) is 188 Å². The standard InChI is InChI=1S/C47H31NO/c1-3-14-32(15-4-1)33-26-28-37(29-27-33)48(36-18-5-2-6-19-36)43-24-13-21-39-38-20-9-10-22-40(38)47(46(39)43)41-23-11-12-25-44(41)49-45-31-35-17-8-7-16-34(35)30-42(45)47/h1-31H. The van der Waals surface area contributed by atoms with Crippen molar-refractivity contribution in [3.8, 4) is 33.8 Å². The van der Waals surface area contributed by atoms with Crippen molar-refractivity contribution in [1.29, 1.82) is 0 Å². The van der Waals surface area contributed by atoms with Crippen LogP contribution in [0.2, 0.25) is 0 Å². The Balaban J connectivity index is 1.30. The van der Waals surface area contributed by atoms with Crippen LogP contribution in [0.3, 0.4) is 0 Å². The molecule has 1 atom stereocenters. The summed E-state index contributed by atoms with van der Waals surface area (Å²) in [5, 5.41) is 2.36. The van der Waals surface area contributed by atoms with Crippen LogP contribution in [-0.4, -0.2) is 0 Å². The molecule has 10 rings (SSSR count). The first-order chi connectivity index (χ1) is 24.3. The molecule has 2 heteroatoms. The number of para-hydroxylation sites is 2. The van der Waals surface area contributed by atoms with Crippen molar-refractivity contribution in [2.24, 2.45) is 0 Å². The summed E-state index contributed by atoms with van der Waals surface area (Å²) in [6, 6.07) is 67.9. The van der Waals surface area contributed by atoms with Crippen LogP contribution in [0.4, 0.5) is 17.1 Å². The molecule has 0 bridgehead atoms. The van der Waals surface area contributed by atoms with Gasteiger partial charge in [0.25, 0.3) is 0 Å². The van der Waals surface area contributed by atoms with Gasteiger partial charge in [0, 0.05) is 28.1 Å². The van der Waals surface area contributed by atoms with Crippen LogP contribution < -0.4 is 9.64 Å². The average Bonchev–Trinajstić information content (AvgIpc) is 3.47. The summed E-state index contributed by atoms with van der Waals surface area (Å²) in [5.74, 6) is 1.79. The van der Waals surface area contributed by atoms with E-state index in [9.17, 15) is 0 Å². The van der Waals surface area contributed by atoms with E-state index in [1.807, 2.05) is 0 Å². The molecule has 0 radical (unpaired) electrons. The molecule has 0 fully saturated rings. The van der Waals surface area contributed by atoms with Gasteiger partial charge in [-0.1, -0.05) is 140 Å². The summed E-state index contributed by atoms with van der Waals surface area (Å²) in [7, 11) is 0. The Kier molecular flexibility index (Phi) is 6.13. The van der Waals surface area contributed by atoms with E-state index in [-0.39, 0.29) is 0 Å². The third-order valence-corrected chi connectivity index (χ3v) is 10.3. The summed E-state index contributed by atoms with van der Waals surface area (Å²) < 4.78 is 6.81. The maximum absolute atomic E-state index is 6.81. The fourth-order valence-electron chi connectivity index (χ4n) is 8.25. The fraction of sp³-hybridized carbons (Fsp3) is 0.0213. The molecule has 0 saturated carbocycles. The second-order valence-electron chi connectivity index (χ2n) is 12.9. The van der Waals surface area contributed by atoms with E-state index in [1.54, 1.807) is 0 Å². The third-order valence-electron chi connectivity index (χ3n) is 10.3. The van der Waals surface area contributed by atoms with Gasteiger partial charge in [0.05, 0.1) is 11.1 Å². The molecule has 230 valence electrons. The Hall–Kier alpha value is -6.38. The third kappa shape index (κ3) is 4.07. The molecule has 1 aliphatic carbocycles. The van der Waals surface area contributed by atoms with Crippen molar-refractivity contribution in [1.82, 2.24) is 0 Å². The van der Waals surface area contributed by atoms with E-state index < -0.39 is 5.41 Å². The molecule has 0 aromatic heterocycles. The number of fused-ring (bicyclic) bond motifs is 10. The molecule has 1 aliphatic heterocycles. The Morgan fingerprint density at radius 2 is 0.980 bits per heavy atom. The van der Waals surface area contributed by atoms with Crippen molar-refractivity contribution >= 4 is 27.8 Å². The van der Waals surface area contributed by atoms with E-state index in [2.05, 4.69) is 193 Å². The zero-order chi connectivity index (χ0) is 32.4. The van der Waals surface area contributed by atoms with Gasteiger partial charge >= 0.3 is 0 Å². The summed E-state index contributed by atoms with van der Waals surface area (Å²) in [4.78, 5) is 2.43. The van der Waals surface area contributed by atoms with Crippen molar-refractivity contribution in [3.05, 3.63) is 210 Å². The van der Waals surface area contributed by atoms with Gasteiger partial charge in [-0.2, -0.15) is 0 Å². The maximum Gasteiger partial charge on any atom is 0.132 e. The maximum atomic E-state index is 6.81. The first kappa shape index (κ1) is 27.7. The SMILES string of the molecule is c1ccc(-c2ccc(N(c3ccccc3)c3cccc4c3C3(c5ccccc5Oc5cc6ccccc6cc53)c3ccccc3-4)cc2)cc1. The minimum atomic E-state index is -0.617. The second kappa shape index (κ2) is 10.8. The van der Waals surface area contributed by atoms with E-state index in [1.165, 1.54) is 44.2 Å². The Morgan fingerprint density at radius 1 is 0.388 bits per heavy atom. The van der Waals surface area contributed by atoms with Crippen molar-refractivity contribution in [2.45, 2.75) is 5.41 Å². The highest BCUT2D eigenvalue weighted by Gasteiger charge is 2.53. The quantitative estimate of drug-likeness (QED) is 0.193. The molecule has 49 heavy (non-hydrogen) atoms. The van der Waals surface area contributed by atoms with E-state index >= 15 is 0 Å². The number of ether oxygens (including phenoxy) is 1. The van der Waals surface area contributed by atoms with Gasteiger partial charge < -0.3 is 9.64 Å². The lowest BCUT2D eigenvalue weighted by Crippen LogP contribution is -2.33. The summed E-state index contributed by atoms with van der Waals surface area (Å²) in [5.41, 5.74) is 12.5. The second-order valence-corrected chi connectivity index (χ2v) is 12.9. The molecule has 8 aromatic rings. The lowest BCUT2D eigenvalue weighted by atomic mass is 9.65. The molecule has 0 saturated heterocycles. The summed E-state index contributed by atoms with van der Waals surface area (Å²) >= 11 is 0. The van der Waals surface area contributed by atoms with Crippen molar-refractivity contribution in [2.75, 3.05) is 4.90 Å². The summed E-state index contributed by atoms with van der Waals surface area (Å²) in [6.07, 6.45) is 0. The number of rotatable bonds is 4. The number of benzene rings is 8. The lowest BCUT2D eigenvalue weighted by Gasteiger charge is -2.41. The number of nitrogens with zero attached hydrogens (tertiary/aromatic N) is 1. The number of hydrogen-bond acceptors (Lipinski definition) is 2. The highest BCUT2D eigenvalue weighted by molar-refractivity contribution is 5.97. The highest BCUT2D eigenvalue weighted by atomic mass is 16.5. The predicted molar refractivity (Wildman–Crippen MR) is 201 cm³/mol. The van der Waals surface area contributed by atoms with Crippen LogP contribution in [0.1, 0.15) is 22.3 Å². The fourth-order valence-corrected chi connectivity index (χ4v) is 8.25. The normalized spacial score (nSPS) is 15.2. The van der Waals surface area contributed by atoms with E-state index in [0.717, 1.165) is 39.7 Å². The predicted octanol–water partition coefficient (Wildman–Crippen LogP) is 12.4. The lowest BCUT2D eigenvalue weighted by molar-refractivity contribution is 0.437. The monoisotopic (exact) mass is 625 g/mol. The molecule has 1 spiro atoms. The van der Waals surface area contributed by atoms with Crippen molar-refractivity contribution in [3.63, 3.8) is 0 Å². The van der Waals surface area contributed by atoms with Gasteiger partial charge in [-0.3, -0.25) is 0 Å². The molecule has 8 aromatic carbocycles. The smallest absolute Gasteiger partial charge is 0.132 e. The molecule has 2 nitrogen and oxygen atoms in total.